The molecule has 32 heavy (non-hydrogen) atoms. The van der Waals surface area contributed by atoms with E-state index in [1.807, 2.05) is 37.3 Å². The van der Waals surface area contributed by atoms with Crippen molar-refractivity contribution in [3.8, 4) is 11.5 Å². The summed E-state index contributed by atoms with van der Waals surface area (Å²) in [5.41, 5.74) is 6.28. The molecule has 170 valence electrons. The van der Waals surface area contributed by atoms with Crippen LogP contribution in [0.4, 0.5) is 0 Å². The van der Waals surface area contributed by atoms with Crippen molar-refractivity contribution in [3.05, 3.63) is 82.5 Å². The normalized spacial score (nSPS) is 18.7. The van der Waals surface area contributed by atoms with E-state index < -0.39 is 0 Å². The molecule has 0 atom stereocenters. The number of benzene rings is 1. The maximum absolute atomic E-state index is 12.2. The van der Waals surface area contributed by atoms with E-state index in [0.717, 1.165) is 22.6 Å². The maximum atomic E-state index is 12.2. The van der Waals surface area contributed by atoms with Gasteiger partial charge in [0, 0.05) is 12.6 Å². The lowest BCUT2D eigenvalue weighted by atomic mass is 9.72. The molecule has 0 radical (unpaired) electrons. The summed E-state index contributed by atoms with van der Waals surface area (Å²) in [7, 11) is 0. The minimum absolute atomic E-state index is 0.118. The number of nitrogens with one attached hydrogen (secondary N) is 1. The molecule has 0 saturated carbocycles. The Morgan fingerprint density at radius 3 is 2.69 bits per heavy atom. The minimum atomic E-state index is -0.118. The van der Waals surface area contributed by atoms with Gasteiger partial charge < -0.3 is 14.8 Å². The van der Waals surface area contributed by atoms with E-state index in [9.17, 15) is 4.79 Å². The highest BCUT2D eigenvalue weighted by Gasteiger charge is 2.26. The molecule has 0 bridgehead atoms. The summed E-state index contributed by atoms with van der Waals surface area (Å²) in [6, 6.07) is 5.69. The summed E-state index contributed by atoms with van der Waals surface area (Å²) >= 11 is 0. The second-order valence-corrected chi connectivity index (χ2v) is 9.33. The Kier molecular flexibility index (Phi) is 7.79. The molecule has 1 aromatic rings. The third kappa shape index (κ3) is 6.49. The molecule has 0 aromatic heterocycles. The van der Waals surface area contributed by atoms with Crippen LogP contribution in [0.3, 0.4) is 0 Å². The number of rotatable bonds is 7. The fourth-order valence-electron chi connectivity index (χ4n) is 4.18. The molecule has 1 heterocycles. The van der Waals surface area contributed by atoms with Gasteiger partial charge in [0.1, 0.15) is 0 Å². The lowest BCUT2D eigenvalue weighted by Crippen LogP contribution is -2.20. The summed E-state index contributed by atoms with van der Waals surface area (Å²) in [5.74, 6) is 1.35. The molecule has 4 nitrogen and oxygen atoms in total. The quantitative estimate of drug-likeness (QED) is 0.391. The first-order valence-electron chi connectivity index (χ1n) is 11.3. The van der Waals surface area contributed by atoms with Crippen molar-refractivity contribution in [2.24, 2.45) is 5.41 Å². The standard InChI is InChI=1S/C28H35NO3/c1-20(11-13-24-22(3)10-7-15-28(24,4)5)8-6-9-21(2)16-27(30)29-18-23-12-14-25-26(17-23)32-19-31-25/h6,8-9,11-14,16-17H,7,10,15,18-19H2,1-5H3,(H,29,30)/b9-6+,13-11+,20-8-,21-16+. The van der Waals surface area contributed by atoms with Crippen LogP contribution in [0.25, 0.3) is 0 Å². The molecule has 0 fully saturated rings. The average molecular weight is 434 g/mol. The summed E-state index contributed by atoms with van der Waals surface area (Å²) in [4.78, 5) is 12.2. The van der Waals surface area contributed by atoms with Crippen LogP contribution in [-0.4, -0.2) is 12.7 Å². The third-order valence-corrected chi connectivity index (χ3v) is 6.04. The second-order valence-electron chi connectivity index (χ2n) is 9.33. The summed E-state index contributed by atoms with van der Waals surface area (Å²) in [6.07, 6.45) is 15.8. The summed E-state index contributed by atoms with van der Waals surface area (Å²) in [6.45, 7) is 11.6. The average Bonchev–Trinajstić information content (AvgIpc) is 3.19. The van der Waals surface area contributed by atoms with Crippen molar-refractivity contribution in [2.75, 3.05) is 6.79 Å². The highest BCUT2D eigenvalue weighted by molar-refractivity contribution is 5.88. The lowest BCUT2D eigenvalue weighted by Gasteiger charge is -2.32. The monoisotopic (exact) mass is 433 g/mol. The third-order valence-electron chi connectivity index (χ3n) is 6.04. The van der Waals surface area contributed by atoms with Gasteiger partial charge in [0.25, 0.3) is 0 Å². The van der Waals surface area contributed by atoms with Crippen molar-refractivity contribution in [2.45, 2.75) is 60.4 Å². The first-order chi connectivity index (χ1) is 15.2. The van der Waals surface area contributed by atoms with Gasteiger partial charge in [-0.1, -0.05) is 61.4 Å². The molecule has 3 rings (SSSR count). The summed E-state index contributed by atoms with van der Waals surface area (Å²) in [5, 5.41) is 2.91. The molecular weight excluding hydrogens is 398 g/mol. The molecule has 2 aliphatic rings. The van der Waals surface area contributed by atoms with Crippen LogP contribution >= 0.6 is 0 Å². The van der Waals surface area contributed by atoms with Crippen molar-refractivity contribution in [1.29, 1.82) is 0 Å². The topological polar surface area (TPSA) is 47.6 Å². The van der Waals surface area contributed by atoms with Gasteiger partial charge in [-0.2, -0.15) is 0 Å². The second kappa shape index (κ2) is 10.5. The molecular formula is C28H35NO3. The van der Waals surface area contributed by atoms with E-state index >= 15 is 0 Å². The molecule has 4 heteroatoms. The zero-order valence-corrected chi connectivity index (χ0v) is 20.0. The van der Waals surface area contributed by atoms with Gasteiger partial charge in [-0.05, 0) is 74.3 Å². The first kappa shape index (κ1) is 23.6. The largest absolute Gasteiger partial charge is 0.454 e. The molecule has 1 aliphatic heterocycles. The Morgan fingerprint density at radius 1 is 1.12 bits per heavy atom. The van der Waals surface area contributed by atoms with E-state index in [-0.39, 0.29) is 18.1 Å². The van der Waals surface area contributed by atoms with E-state index in [2.05, 4.69) is 51.2 Å². The molecule has 1 amide bonds. The Morgan fingerprint density at radius 2 is 1.91 bits per heavy atom. The molecule has 0 saturated heterocycles. The fourth-order valence-corrected chi connectivity index (χ4v) is 4.18. The Bertz CT molecular complexity index is 1010. The van der Waals surface area contributed by atoms with Crippen molar-refractivity contribution in [1.82, 2.24) is 5.32 Å². The van der Waals surface area contributed by atoms with Crippen LogP contribution < -0.4 is 14.8 Å². The number of ether oxygens (including phenoxy) is 2. The SMILES string of the molecule is CC1=C(/C=C/C(C)=C\C=C\C(C)=C\C(=O)NCc2ccc3c(c2)OCO3)C(C)(C)CCC1. The van der Waals surface area contributed by atoms with Crippen LogP contribution in [0.5, 0.6) is 11.5 Å². The van der Waals surface area contributed by atoms with Crippen LogP contribution in [0.2, 0.25) is 0 Å². The molecule has 0 unspecified atom stereocenters. The summed E-state index contributed by atoms with van der Waals surface area (Å²) < 4.78 is 10.7. The Labute approximate surface area is 192 Å². The van der Waals surface area contributed by atoms with Crippen LogP contribution in [0.1, 0.15) is 59.4 Å². The predicted molar refractivity (Wildman–Crippen MR) is 131 cm³/mol. The van der Waals surface area contributed by atoms with Gasteiger partial charge in [-0.15, -0.1) is 0 Å². The smallest absolute Gasteiger partial charge is 0.244 e. The fraction of sp³-hybridized carbons (Fsp3) is 0.393. The molecule has 1 aromatic carbocycles. The van der Waals surface area contributed by atoms with E-state index in [4.69, 9.17) is 9.47 Å². The van der Waals surface area contributed by atoms with Crippen LogP contribution in [0, 0.1) is 5.41 Å². The van der Waals surface area contributed by atoms with Crippen LogP contribution in [-0.2, 0) is 11.3 Å². The van der Waals surface area contributed by atoms with Gasteiger partial charge in [0.2, 0.25) is 12.7 Å². The zero-order chi connectivity index (χ0) is 23.1. The first-order valence-corrected chi connectivity index (χ1v) is 11.3. The number of amides is 1. The predicted octanol–water partition coefficient (Wildman–Crippen LogP) is 6.56. The Hall–Kier alpha value is -3.01. The molecule has 1 aliphatic carbocycles. The van der Waals surface area contributed by atoms with E-state index in [0.29, 0.717) is 6.54 Å². The zero-order valence-electron chi connectivity index (χ0n) is 20.0. The van der Waals surface area contributed by atoms with Gasteiger partial charge >= 0.3 is 0 Å². The van der Waals surface area contributed by atoms with Gasteiger partial charge in [-0.25, -0.2) is 0 Å². The Balaban J connectivity index is 1.51. The number of hydrogen-bond donors (Lipinski definition) is 1. The van der Waals surface area contributed by atoms with Crippen molar-refractivity contribution >= 4 is 5.91 Å². The number of carbonyl (C=O) groups is 1. The number of carbonyl (C=O) groups excluding carboxylic acids is 1. The van der Waals surface area contributed by atoms with E-state index in [1.165, 1.54) is 36.0 Å². The molecule has 0 spiro atoms. The van der Waals surface area contributed by atoms with Gasteiger partial charge in [0.05, 0.1) is 0 Å². The lowest BCUT2D eigenvalue weighted by molar-refractivity contribution is -0.116. The number of hydrogen-bond acceptors (Lipinski definition) is 3. The highest BCUT2D eigenvalue weighted by Crippen LogP contribution is 2.40. The maximum Gasteiger partial charge on any atom is 0.244 e. The highest BCUT2D eigenvalue weighted by atomic mass is 16.7. The van der Waals surface area contributed by atoms with Crippen LogP contribution in [0.15, 0.2) is 76.9 Å². The molecule has 1 N–H and O–H groups in total. The number of allylic oxidation sites excluding steroid dienone is 9. The van der Waals surface area contributed by atoms with Gasteiger partial charge in [0.15, 0.2) is 11.5 Å². The van der Waals surface area contributed by atoms with Crippen molar-refractivity contribution in [3.63, 3.8) is 0 Å². The van der Waals surface area contributed by atoms with Crippen molar-refractivity contribution < 1.29 is 14.3 Å². The van der Waals surface area contributed by atoms with E-state index in [1.54, 1.807) is 6.08 Å². The number of fused-ring (bicyclic) bond motifs is 1. The van der Waals surface area contributed by atoms with Gasteiger partial charge in [-0.3, -0.25) is 4.79 Å². The minimum Gasteiger partial charge on any atom is -0.454 e.